The third-order valence-corrected chi connectivity index (χ3v) is 13.4. The van der Waals surface area contributed by atoms with Gasteiger partial charge in [-0.25, -0.2) is 0 Å². The van der Waals surface area contributed by atoms with Crippen LogP contribution in [0.4, 0.5) is 0 Å². The Morgan fingerprint density at radius 1 is 0.897 bits per heavy atom. The molecular formula is C30H38NO7S+. The van der Waals surface area contributed by atoms with Gasteiger partial charge in [0.15, 0.2) is 0 Å². The van der Waals surface area contributed by atoms with Gasteiger partial charge in [-0.2, -0.15) is 8.42 Å². The van der Waals surface area contributed by atoms with E-state index in [0.717, 1.165) is 37.9 Å². The molecule has 8 aliphatic rings. The first-order valence-electron chi connectivity index (χ1n) is 15.0. The predicted molar refractivity (Wildman–Crippen MR) is 138 cm³/mol. The second-order valence-corrected chi connectivity index (χ2v) is 15.5. The Hall–Kier alpha value is -1.97. The van der Waals surface area contributed by atoms with E-state index < -0.39 is 56.4 Å². The maximum atomic E-state index is 14.0. The summed E-state index contributed by atoms with van der Waals surface area (Å²) < 4.78 is 44.7. The molecule has 6 atom stereocenters. The number of carbonyl (C=O) groups is 2. The van der Waals surface area contributed by atoms with E-state index in [2.05, 4.69) is 5.32 Å². The number of benzene rings is 1. The van der Waals surface area contributed by atoms with Crippen molar-refractivity contribution in [1.82, 2.24) is 0 Å². The van der Waals surface area contributed by atoms with E-state index in [4.69, 9.17) is 13.7 Å². The lowest BCUT2D eigenvalue weighted by Gasteiger charge is -2.55. The molecule has 0 amide bonds. The molecule has 39 heavy (non-hydrogen) atoms. The summed E-state index contributed by atoms with van der Waals surface area (Å²) >= 11 is 0. The van der Waals surface area contributed by atoms with Crippen LogP contribution in [0.1, 0.15) is 63.4 Å². The molecule has 9 heteroatoms. The summed E-state index contributed by atoms with van der Waals surface area (Å²) in [4.78, 5) is 27.9. The fourth-order valence-corrected chi connectivity index (χ4v) is 12.5. The molecule has 6 bridgehead atoms. The van der Waals surface area contributed by atoms with Crippen LogP contribution in [-0.4, -0.2) is 50.9 Å². The summed E-state index contributed by atoms with van der Waals surface area (Å²) in [5.74, 6) is -0.474. The standard InChI is InChI=1S/C30H37NO7S/c32-27(37-30(6-8-31-9-7-30)20-4-2-1-3-5-20)23-21-13-22-25(38-39(34,35)26(22)23)24(21)36-28(33)29-14-17-10-18(15-29)12-19(11-17)16-29/h1-5,17-19,21-26,31H,6-16H2/p+1. The van der Waals surface area contributed by atoms with E-state index in [-0.39, 0.29) is 11.9 Å². The number of carbonyl (C=O) groups excluding carboxylic acids is 2. The third kappa shape index (κ3) is 3.64. The highest BCUT2D eigenvalue weighted by Gasteiger charge is 2.73. The van der Waals surface area contributed by atoms with Gasteiger partial charge in [0.05, 0.1) is 24.4 Å². The SMILES string of the molecule is O=C(OC1(c2ccccc2)CC[NH2+]CC1)C1C2CC3C(OS(=O)(=O)C31)C2OC(=O)C12CC3CC(CC(C3)C1)C2. The number of fused-ring (bicyclic) bond motifs is 1. The molecule has 2 N–H and O–H groups in total. The number of piperidine rings is 1. The average Bonchev–Trinajstić information content (AvgIpc) is 3.52. The molecule has 0 radical (unpaired) electrons. The highest BCUT2D eigenvalue weighted by molar-refractivity contribution is 7.87. The van der Waals surface area contributed by atoms with Crippen molar-refractivity contribution in [3.63, 3.8) is 0 Å². The molecule has 1 aromatic carbocycles. The van der Waals surface area contributed by atoms with Crippen LogP contribution in [0.2, 0.25) is 0 Å². The predicted octanol–water partition coefficient (Wildman–Crippen LogP) is 2.27. The van der Waals surface area contributed by atoms with Gasteiger partial charge in [0.2, 0.25) is 0 Å². The molecule has 2 heterocycles. The lowest BCUT2D eigenvalue weighted by Crippen LogP contribution is -2.87. The van der Waals surface area contributed by atoms with E-state index in [1.807, 2.05) is 30.3 Å². The molecule has 6 unspecified atom stereocenters. The zero-order valence-electron chi connectivity index (χ0n) is 22.2. The van der Waals surface area contributed by atoms with Crippen molar-refractivity contribution in [3.8, 4) is 0 Å². The highest BCUT2D eigenvalue weighted by Crippen LogP contribution is 2.63. The molecule has 2 aliphatic heterocycles. The van der Waals surface area contributed by atoms with Gasteiger partial charge >= 0.3 is 11.9 Å². The maximum absolute atomic E-state index is 14.0. The van der Waals surface area contributed by atoms with Crippen LogP contribution in [0, 0.1) is 40.9 Å². The minimum Gasteiger partial charge on any atom is -0.459 e. The molecule has 8 nitrogen and oxygen atoms in total. The van der Waals surface area contributed by atoms with Gasteiger partial charge in [-0.15, -0.1) is 0 Å². The van der Waals surface area contributed by atoms with Gasteiger partial charge in [0.25, 0.3) is 10.1 Å². The molecule has 8 fully saturated rings. The molecule has 6 saturated carbocycles. The van der Waals surface area contributed by atoms with Gasteiger partial charge in [-0.1, -0.05) is 30.3 Å². The van der Waals surface area contributed by atoms with Crippen molar-refractivity contribution in [2.24, 2.45) is 40.9 Å². The van der Waals surface area contributed by atoms with E-state index in [9.17, 15) is 18.0 Å². The van der Waals surface area contributed by atoms with Gasteiger partial charge < -0.3 is 14.8 Å². The topological polar surface area (TPSA) is 113 Å². The van der Waals surface area contributed by atoms with Gasteiger partial charge in [0, 0.05) is 24.7 Å². The first kappa shape index (κ1) is 24.8. The Morgan fingerprint density at radius 2 is 1.54 bits per heavy atom. The number of hydrogen-bond acceptors (Lipinski definition) is 7. The Kier molecular flexibility index (Phi) is 5.42. The summed E-state index contributed by atoms with van der Waals surface area (Å²) in [7, 11) is -3.96. The minimum atomic E-state index is -3.96. The van der Waals surface area contributed by atoms with Gasteiger partial charge in [-0.05, 0) is 68.3 Å². The van der Waals surface area contributed by atoms with Gasteiger partial charge in [0.1, 0.15) is 23.1 Å². The van der Waals surface area contributed by atoms with Crippen LogP contribution in [0.5, 0.6) is 0 Å². The second-order valence-electron chi connectivity index (χ2n) is 13.8. The smallest absolute Gasteiger partial charge is 0.312 e. The summed E-state index contributed by atoms with van der Waals surface area (Å²) in [6.45, 7) is 1.66. The monoisotopic (exact) mass is 556 g/mol. The molecule has 0 aromatic heterocycles. The highest BCUT2D eigenvalue weighted by atomic mass is 32.2. The molecule has 0 spiro atoms. The van der Waals surface area contributed by atoms with E-state index in [1.165, 1.54) is 19.3 Å². The largest absolute Gasteiger partial charge is 0.459 e. The van der Waals surface area contributed by atoms with E-state index in [1.54, 1.807) is 0 Å². The van der Waals surface area contributed by atoms with Crippen LogP contribution in [0.3, 0.4) is 0 Å². The fourth-order valence-electron chi connectivity index (χ4n) is 10.5. The lowest BCUT2D eigenvalue weighted by atomic mass is 9.49. The number of hydrogen-bond donors (Lipinski definition) is 1. The van der Waals surface area contributed by atoms with Crippen molar-refractivity contribution >= 4 is 22.1 Å². The Labute approximate surface area is 229 Å². The zero-order chi connectivity index (χ0) is 26.6. The maximum Gasteiger partial charge on any atom is 0.312 e. The first-order chi connectivity index (χ1) is 18.8. The third-order valence-electron chi connectivity index (χ3n) is 11.6. The number of rotatable bonds is 5. The Morgan fingerprint density at radius 3 is 2.18 bits per heavy atom. The Balaban J connectivity index is 1.08. The molecule has 210 valence electrons. The first-order valence-corrected chi connectivity index (χ1v) is 16.5. The van der Waals surface area contributed by atoms with E-state index >= 15 is 0 Å². The van der Waals surface area contributed by atoms with Crippen LogP contribution < -0.4 is 5.32 Å². The molecule has 9 rings (SSSR count). The summed E-state index contributed by atoms with van der Waals surface area (Å²) in [6.07, 6.45) is 6.78. The van der Waals surface area contributed by atoms with Crippen LogP contribution in [0.15, 0.2) is 30.3 Å². The van der Waals surface area contributed by atoms with Crippen LogP contribution in [-0.2, 0) is 39.0 Å². The zero-order valence-corrected chi connectivity index (χ0v) is 23.0. The molecule has 2 saturated heterocycles. The quantitative estimate of drug-likeness (QED) is 0.437. The second kappa shape index (κ2) is 8.52. The summed E-state index contributed by atoms with van der Waals surface area (Å²) in [6, 6.07) is 9.80. The van der Waals surface area contributed by atoms with Crippen molar-refractivity contribution in [2.45, 2.75) is 80.8 Å². The normalized spacial score (nSPS) is 45.8. The van der Waals surface area contributed by atoms with Gasteiger partial charge in [-0.3, -0.25) is 13.8 Å². The van der Waals surface area contributed by atoms with Crippen molar-refractivity contribution in [1.29, 1.82) is 0 Å². The number of quaternary nitrogens is 1. The van der Waals surface area contributed by atoms with Crippen LogP contribution >= 0.6 is 0 Å². The summed E-state index contributed by atoms with van der Waals surface area (Å²) in [5, 5.41) is 1.30. The van der Waals surface area contributed by atoms with Crippen molar-refractivity contribution in [3.05, 3.63) is 35.9 Å². The van der Waals surface area contributed by atoms with Crippen molar-refractivity contribution in [2.75, 3.05) is 13.1 Å². The molecule has 6 aliphatic carbocycles. The number of ether oxygens (including phenoxy) is 2. The average molecular weight is 557 g/mol. The van der Waals surface area contributed by atoms with Crippen LogP contribution in [0.25, 0.3) is 0 Å². The van der Waals surface area contributed by atoms with E-state index in [0.29, 0.717) is 37.0 Å². The molecule has 1 aromatic rings. The Bertz CT molecular complexity index is 1250. The minimum absolute atomic E-state index is 0.181. The number of esters is 2. The lowest BCUT2D eigenvalue weighted by molar-refractivity contribution is -0.668. The molecular weight excluding hydrogens is 518 g/mol. The summed E-state index contributed by atoms with van der Waals surface area (Å²) in [5.41, 5.74) is -0.273. The van der Waals surface area contributed by atoms with Crippen molar-refractivity contribution < 1.29 is 37.0 Å². The fraction of sp³-hybridized carbons (Fsp3) is 0.733. The number of nitrogens with two attached hydrogens (primary N) is 1.